The molecule has 0 aromatic heterocycles. The van der Waals surface area contributed by atoms with Crippen LogP contribution in [0, 0.1) is 11.6 Å². The first-order chi connectivity index (χ1) is 8.80. The van der Waals surface area contributed by atoms with Crippen LogP contribution in [0.3, 0.4) is 0 Å². The van der Waals surface area contributed by atoms with E-state index in [4.69, 9.17) is 16.7 Å². The lowest BCUT2D eigenvalue weighted by molar-refractivity contribution is -0.107. The van der Waals surface area contributed by atoms with Crippen molar-refractivity contribution in [3.8, 4) is 0 Å². The van der Waals surface area contributed by atoms with Crippen molar-refractivity contribution in [3.05, 3.63) is 34.4 Å². The Morgan fingerprint density at radius 2 is 1.53 bits per heavy atom. The van der Waals surface area contributed by atoms with Crippen molar-refractivity contribution in [1.29, 1.82) is 0 Å². The second kappa shape index (κ2) is 4.98. The van der Waals surface area contributed by atoms with Crippen LogP contribution < -0.4 is 0 Å². The van der Waals surface area contributed by atoms with Gasteiger partial charge in [0, 0.05) is 5.02 Å². The summed E-state index contributed by atoms with van der Waals surface area (Å²) in [5.41, 5.74) is -3.39. The number of halogens is 3. The highest BCUT2D eigenvalue weighted by Gasteiger charge is 2.44. The Kier molecular flexibility index (Phi) is 3.84. The number of benzene rings is 1. The molecule has 19 heavy (non-hydrogen) atoms. The quantitative estimate of drug-likeness (QED) is 0.782. The van der Waals surface area contributed by atoms with Gasteiger partial charge < -0.3 is 15.3 Å². The van der Waals surface area contributed by atoms with Crippen LogP contribution in [-0.2, 0) is 5.60 Å². The minimum absolute atomic E-state index is 0.0282. The number of hydrogen-bond donors (Lipinski definition) is 3. The molecule has 0 bridgehead atoms. The third-order valence-corrected chi connectivity index (χ3v) is 3.99. The van der Waals surface area contributed by atoms with Gasteiger partial charge in [-0.3, -0.25) is 0 Å². The molecule has 1 aliphatic rings. The van der Waals surface area contributed by atoms with Crippen LogP contribution in [0.2, 0.25) is 5.02 Å². The fraction of sp³-hybridized carbons (Fsp3) is 0.538. The van der Waals surface area contributed by atoms with Crippen LogP contribution in [0.4, 0.5) is 8.78 Å². The number of rotatable bonds is 2. The van der Waals surface area contributed by atoms with E-state index in [-0.39, 0.29) is 30.7 Å². The zero-order valence-corrected chi connectivity index (χ0v) is 10.9. The molecule has 0 saturated heterocycles. The van der Waals surface area contributed by atoms with Gasteiger partial charge in [0.25, 0.3) is 0 Å². The van der Waals surface area contributed by atoms with Crippen molar-refractivity contribution >= 4 is 11.6 Å². The molecule has 1 aromatic rings. The first-order valence-corrected chi connectivity index (χ1v) is 6.38. The summed E-state index contributed by atoms with van der Waals surface area (Å²) in [5.74, 6) is -1.80. The van der Waals surface area contributed by atoms with Crippen LogP contribution in [-0.4, -0.2) is 27.5 Å². The van der Waals surface area contributed by atoms with Gasteiger partial charge in [-0.05, 0) is 37.8 Å². The molecular formula is C13H15ClF2O3. The SMILES string of the molecule is OCC1(O)CCC(O)(c2c(F)cc(Cl)cc2F)CC1. The maximum absolute atomic E-state index is 13.8. The topological polar surface area (TPSA) is 60.7 Å². The maximum Gasteiger partial charge on any atom is 0.133 e. The van der Waals surface area contributed by atoms with Gasteiger partial charge in [-0.2, -0.15) is 0 Å². The molecule has 3 nitrogen and oxygen atoms in total. The third kappa shape index (κ3) is 2.74. The normalized spacial score (nSPS) is 31.5. The van der Waals surface area contributed by atoms with Gasteiger partial charge in [-0.25, -0.2) is 8.78 Å². The van der Waals surface area contributed by atoms with Crippen molar-refractivity contribution in [1.82, 2.24) is 0 Å². The van der Waals surface area contributed by atoms with Crippen LogP contribution in [0.1, 0.15) is 31.2 Å². The Hall–Kier alpha value is -0.750. The summed E-state index contributed by atoms with van der Waals surface area (Å²) in [5, 5.41) is 29.2. The first kappa shape index (κ1) is 14.7. The summed E-state index contributed by atoms with van der Waals surface area (Å²) in [6.45, 7) is -0.436. The van der Waals surface area contributed by atoms with E-state index in [1.165, 1.54) is 0 Å². The molecule has 1 aliphatic carbocycles. The van der Waals surface area contributed by atoms with Gasteiger partial charge >= 0.3 is 0 Å². The molecule has 0 amide bonds. The molecule has 0 radical (unpaired) electrons. The standard InChI is InChI=1S/C13H15ClF2O3/c14-8-5-9(15)11(10(16)6-8)13(19)3-1-12(18,7-17)2-4-13/h5-6,17-19H,1-4,7H2. The minimum Gasteiger partial charge on any atom is -0.393 e. The summed E-state index contributed by atoms with van der Waals surface area (Å²) >= 11 is 5.54. The molecule has 0 atom stereocenters. The second-order valence-corrected chi connectivity index (χ2v) is 5.59. The maximum atomic E-state index is 13.8. The molecule has 0 spiro atoms. The van der Waals surface area contributed by atoms with E-state index in [0.717, 1.165) is 12.1 Å². The monoisotopic (exact) mass is 292 g/mol. The summed E-state index contributed by atoms with van der Waals surface area (Å²) in [7, 11) is 0. The fourth-order valence-electron chi connectivity index (χ4n) is 2.52. The molecular weight excluding hydrogens is 278 g/mol. The Bertz CT molecular complexity index is 462. The van der Waals surface area contributed by atoms with E-state index < -0.39 is 35.0 Å². The summed E-state index contributed by atoms with van der Waals surface area (Å²) in [6.07, 6.45) is 0.0854. The Balaban J connectivity index is 2.33. The van der Waals surface area contributed by atoms with Gasteiger partial charge in [0.2, 0.25) is 0 Å². The van der Waals surface area contributed by atoms with Crippen LogP contribution in [0.15, 0.2) is 12.1 Å². The molecule has 1 fully saturated rings. The lowest BCUT2D eigenvalue weighted by atomic mass is 9.73. The lowest BCUT2D eigenvalue weighted by Crippen LogP contribution is -2.44. The molecule has 1 saturated carbocycles. The predicted molar refractivity (Wildman–Crippen MR) is 65.8 cm³/mol. The van der Waals surface area contributed by atoms with Crippen molar-refractivity contribution in [2.75, 3.05) is 6.61 Å². The van der Waals surface area contributed by atoms with Crippen LogP contribution >= 0.6 is 11.6 Å². The van der Waals surface area contributed by atoms with Gasteiger partial charge in [0.05, 0.1) is 23.4 Å². The third-order valence-electron chi connectivity index (χ3n) is 3.77. The van der Waals surface area contributed by atoms with Gasteiger partial charge in [0.15, 0.2) is 0 Å². The summed E-state index contributed by atoms with van der Waals surface area (Å²) in [6, 6.07) is 1.90. The van der Waals surface area contributed by atoms with E-state index in [9.17, 15) is 19.0 Å². The van der Waals surface area contributed by atoms with E-state index in [1.807, 2.05) is 0 Å². The molecule has 106 valence electrons. The lowest BCUT2D eigenvalue weighted by Gasteiger charge is -2.40. The smallest absolute Gasteiger partial charge is 0.133 e. The predicted octanol–water partition coefficient (Wildman–Crippen LogP) is 2.10. The highest BCUT2D eigenvalue weighted by atomic mass is 35.5. The van der Waals surface area contributed by atoms with Gasteiger partial charge in [0.1, 0.15) is 11.6 Å². The van der Waals surface area contributed by atoms with Crippen molar-refractivity contribution in [3.63, 3.8) is 0 Å². The van der Waals surface area contributed by atoms with Crippen molar-refractivity contribution in [2.24, 2.45) is 0 Å². The summed E-state index contributed by atoms with van der Waals surface area (Å²) < 4.78 is 27.6. The Morgan fingerprint density at radius 3 is 1.95 bits per heavy atom. The van der Waals surface area contributed by atoms with Gasteiger partial charge in [-0.1, -0.05) is 11.6 Å². The number of aliphatic hydroxyl groups excluding tert-OH is 1. The molecule has 3 N–H and O–H groups in total. The number of aliphatic hydroxyl groups is 3. The summed E-state index contributed by atoms with van der Waals surface area (Å²) in [4.78, 5) is 0. The fourth-order valence-corrected chi connectivity index (χ4v) is 2.72. The second-order valence-electron chi connectivity index (χ2n) is 5.16. The highest BCUT2D eigenvalue weighted by molar-refractivity contribution is 6.30. The van der Waals surface area contributed by atoms with E-state index >= 15 is 0 Å². The van der Waals surface area contributed by atoms with Crippen LogP contribution in [0.5, 0.6) is 0 Å². The molecule has 0 aliphatic heterocycles. The van der Waals surface area contributed by atoms with E-state index in [2.05, 4.69) is 0 Å². The van der Waals surface area contributed by atoms with Crippen molar-refractivity contribution < 1.29 is 24.1 Å². The van der Waals surface area contributed by atoms with Crippen LogP contribution in [0.25, 0.3) is 0 Å². The average Bonchev–Trinajstić information content (AvgIpc) is 2.32. The minimum atomic E-state index is -1.68. The molecule has 6 heteroatoms. The largest absolute Gasteiger partial charge is 0.393 e. The Morgan fingerprint density at radius 1 is 1.05 bits per heavy atom. The van der Waals surface area contributed by atoms with E-state index in [1.54, 1.807) is 0 Å². The van der Waals surface area contributed by atoms with E-state index in [0.29, 0.717) is 0 Å². The average molecular weight is 293 g/mol. The first-order valence-electron chi connectivity index (χ1n) is 6.00. The van der Waals surface area contributed by atoms with Gasteiger partial charge in [-0.15, -0.1) is 0 Å². The molecule has 2 rings (SSSR count). The zero-order valence-electron chi connectivity index (χ0n) is 10.2. The zero-order chi connectivity index (χ0) is 14.3. The highest BCUT2D eigenvalue weighted by Crippen LogP contribution is 2.43. The molecule has 0 unspecified atom stereocenters. The number of hydrogen-bond acceptors (Lipinski definition) is 3. The van der Waals surface area contributed by atoms with Crippen molar-refractivity contribution in [2.45, 2.75) is 36.9 Å². The molecule has 1 aromatic carbocycles. The molecule has 0 heterocycles. The Labute approximate surface area is 114 Å².